The molecule has 0 aliphatic carbocycles. The molecule has 1 unspecified atom stereocenters. The third-order valence-electron chi connectivity index (χ3n) is 2.43. The van der Waals surface area contributed by atoms with Crippen LogP contribution in [0.15, 0.2) is 36.0 Å². The first kappa shape index (κ1) is 13.8. The van der Waals surface area contributed by atoms with Gasteiger partial charge in [0.15, 0.2) is 0 Å². The van der Waals surface area contributed by atoms with E-state index in [1.807, 2.05) is 0 Å². The molecule has 0 saturated carbocycles. The average molecular weight is 288 g/mol. The molecule has 1 aromatic carbocycles. The second-order valence-corrected chi connectivity index (χ2v) is 4.82. The lowest BCUT2D eigenvalue weighted by atomic mass is 10.1. The maximum Gasteiger partial charge on any atom is 0.573 e. The van der Waals surface area contributed by atoms with Crippen molar-refractivity contribution in [1.29, 1.82) is 0 Å². The number of hydrogen-bond donors (Lipinski definition) is 1. The van der Waals surface area contributed by atoms with Crippen molar-refractivity contribution in [3.05, 3.63) is 46.4 Å². The van der Waals surface area contributed by atoms with Crippen LogP contribution in [-0.2, 0) is 6.42 Å². The summed E-state index contributed by atoms with van der Waals surface area (Å²) in [5, 5.41) is 0. The molecule has 1 atom stereocenters. The minimum absolute atomic E-state index is 0.207. The molecule has 0 saturated heterocycles. The van der Waals surface area contributed by atoms with E-state index >= 15 is 0 Å². The summed E-state index contributed by atoms with van der Waals surface area (Å²) in [5.74, 6) is -0.234. The van der Waals surface area contributed by atoms with Crippen LogP contribution in [0.25, 0.3) is 0 Å². The molecule has 1 aromatic heterocycles. The molecular weight excluding hydrogens is 277 g/mol. The van der Waals surface area contributed by atoms with Gasteiger partial charge in [0.25, 0.3) is 0 Å². The quantitative estimate of drug-likeness (QED) is 0.939. The predicted molar refractivity (Wildman–Crippen MR) is 65.9 cm³/mol. The fraction of sp³-hybridized carbons (Fsp3) is 0.250. The highest BCUT2D eigenvalue weighted by Crippen LogP contribution is 2.24. The Morgan fingerprint density at radius 3 is 2.47 bits per heavy atom. The summed E-state index contributed by atoms with van der Waals surface area (Å²) in [6, 6.07) is 5.50. The van der Waals surface area contributed by atoms with E-state index in [2.05, 4.69) is 9.72 Å². The summed E-state index contributed by atoms with van der Waals surface area (Å²) in [4.78, 5) is 4.87. The number of rotatable bonds is 4. The van der Waals surface area contributed by atoms with Crippen molar-refractivity contribution in [2.24, 2.45) is 5.73 Å². The third kappa shape index (κ3) is 4.22. The number of nitrogens with zero attached hydrogens (tertiary/aromatic N) is 1. The van der Waals surface area contributed by atoms with Crippen molar-refractivity contribution in [2.45, 2.75) is 18.8 Å². The van der Waals surface area contributed by atoms with E-state index in [1.54, 1.807) is 23.8 Å². The zero-order valence-corrected chi connectivity index (χ0v) is 10.5. The Balaban J connectivity index is 1.99. The molecule has 3 nitrogen and oxygen atoms in total. The molecule has 0 radical (unpaired) electrons. The zero-order valence-electron chi connectivity index (χ0n) is 9.72. The maximum absolute atomic E-state index is 12.0. The Morgan fingerprint density at radius 1 is 1.26 bits per heavy atom. The van der Waals surface area contributed by atoms with Crippen LogP contribution in [0.2, 0.25) is 0 Å². The molecule has 1 heterocycles. The van der Waals surface area contributed by atoms with Crippen LogP contribution in [0.4, 0.5) is 13.2 Å². The fourth-order valence-corrected chi connectivity index (χ4v) is 2.21. The van der Waals surface area contributed by atoms with E-state index in [-0.39, 0.29) is 11.8 Å². The van der Waals surface area contributed by atoms with Crippen molar-refractivity contribution < 1.29 is 17.9 Å². The van der Waals surface area contributed by atoms with Crippen LogP contribution in [0.1, 0.15) is 16.5 Å². The topological polar surface area (TPSA) is 48.1 Å². The molecule has 102 valence electrons. The summed E-state index contributed by atoms with van der Waals surface area (Å²) >= 11 is 1.45. The first-order chi connectivity index (χ1) is 8.94. The fourth-order valence-electron chi connectivity index (χ4n) is 1.59. The van der Waals surface area contributed by atoms with Gasteiger partial charge >= 0.3 is 6.36 Å². The molecule has 0 amide bonds. The molecule has 0 aliphatic rings. The largest absolute Gasteiger partial charge is 0.573 e. The second-order valence-electron chi connectivity index (χ2n) is 3.91. The Labute approximate surface area is 111 Å². The van der Waals surface area contributed by atoms with Gasteiger partial charge in [-0.05, 0) is 24.1 Å². The molecule has 0 aliphatic heterocycles. The van der Waals surface area contributed by atoms with Crippen LogP contribution in [0.3, 0.4) is 0 Å². The van der Waals surface area contributed by atoms with E-state index in [0.29, 0.717) is 6.42 Å². The van der Waals surface area contributed by atoms with Crippen molar-refractivity contribution >= 4 is 11.3 Å². The Morgan fingerprint density at radius 2 is 1.95 bits per heavy atom. The summed E-state index contributed by atoms with van der Waals surface area (Å²) in [5.41, 5.74) is 8.50. The third-order valence-corrected chi connectivity index (χ3v) is 3.34. The molecule has 7 heteroatoms. The van der Waals surface area contributed by atoms with Gasteiger partial charge in [0.1, 0.15) is 5.75 Å². The number of benzene rings is 1. The van der Waals surface area contributed by atoms with Gasteiger partial charge in [-0.15, -0.1) is 24.5 Å². The number of thiazole rings is 1. The maximum atomic E-state index is 12.0. The number of hydrogen-bond acceptors (Lipinski definition) is 4. The van der Waals surface area contributed by atoms with Gasteiger partial charge in [-0.2, -0.15) is 0 Å². The molecule has 2 N–H and O–H groups in total. The monoisotopic (exact) mass is 288 g/mol. The number of halogens is 3. The summed E-state index contributed by atoms with van der Waals surface area (Å²) in [6.45, 7) is 0. The Hall–Kier alpha value is -1.60. The van der Waals surface area contributed by atoms with Gasteiger partial charge in [0.2, 0.25) is 0 Å². The van der Waals surface area contributed by atoms with Crippen molar-refractivity contribution in [1.82, 2.24) is 4.98 Å². The van der Waals surface area contributed by atoms with E-state index < -0.39 is 6.36 Å². The average Bonchev–Trinajstić information content (AvgIpc) is 2.83. The van der Waals surface area contributed by atoms with Gasteiger partial charge in [0.05, 0.1) is 5.51 Å². The zero-order chi connectivity index (χ0) is 13.9. The van der Waals surface area contributed by atoms with Gasteiger partial charge < -0.3 is 10.5 Å². The smallest absolute Gasteiger partial charge is 0.406 e. The van der Waals surface area contributed by atoms with Crippen LogP contribution in [0, 0.1) is 0 Å². The first-order valence-electron chi connectivity index (χ1n) is 5.43. The second kappa shape index (κ2) is 5.58. The van der Waals surface area contributed by atoms with Crippen molar-refractivity contribution in [2.75, 3.05) is 0 Å². The molecule has 0 fully saturated rings. The molecule has 19 heavy (non-hydrogen) atoms. The lowest BCUT2D eigenvalue weighted by Crippen LogP contribution is -2.17. The predicted octanol–water partition coefficient (Wildman–Crippen LogP) is 3.28. The van der Waals surface area contributed by atoms with Crippen molar-refractivity contribution in [3.8, 4) is 5.75 Å². The van der Waals surface area contributed by atoms with Gasteiger partial charge in [-0.3, -0.25) is 4.98 Å². The van der Waals surface area contributed by atoms with Gasteiger partial charge in [-0.1, -0.05) is 12.1 Å². The number of aromatic nitrogens is 1. The summed E-state index contributed by atoms with van der Waals surface area (Å²) < 4.78 is 39.8. The van der Waals surface area contributed by atoms with E-state index in [1.165, 1.54) is 23.5 Å². The SMILES string of the molecule is NC(Cc1ccc(OC(F)(F)F)cc1)c1cncs1. The van der Waals surface area contributed by atoms with E-state index in [9.17, 15) is 13.2 Å². The van der Waals surface area contributed by atoms with Gasteiger partial charge in [-0.25, -0.2) is 0 Å². The molecular formula is C12H11F3N2OS. The van der Waals surface area contributed by atoms with Gasteiger partial charge in [0, 0.05) is 17.1 Å². The van der Waals surface area contributed by atoms with E-state index in [0.717, 1.165) is 10.4 Å². The minimum atomic E-state index is -4.67. The lowest BCUT2D eigenvalue weighted by Gasteiger charge is -2.11. The van der Waals surface area contributed by atoms with Crippen molar-refractivity contribution in [3.63, 3.8) is 0 Å². The normalized spacial score (nSPS) is 13.3. The minimum Gasteiger partial charge on any atom is -0.406 e. The molecule has 0 spiro atoms. The first-order valence-corrected chi connectivity index (χ1v) is 6.30. The number of nitrogens with two attached hydrogens (primary N) is 1. The van der Waals surface area contributed by atoms with Crippen LogP contribution < -0.4 is 10.5 Å². The van der Waals surface area contributed by atoms with E-state index in [4.69, 9.17) is 5.73 Å². The molecule has 2 aromatic rings. The highest BCUT2D eigenvalue weighted by atomic mass is 32.1. The van der Waals surface area contributed by atoms with Crippen LogP contribution in [-0.4, -0.2) is 11.3 Å². The van der Waals surface area contributed by atoms with Crippen LogP contribution >= 0.6 is 11.3 Å². The summed E-state index contributed by atoms with van der Waals surface area (Å²) in [6.07, 6.45) is -2.44. The lowest BCUT2D eigenvalue weighted by molar-refractivity contribution is -0.274. The standard InChI is InChI=1S/C12H11F3N2OS/c13-12(14,15)18-9-3-1-8(2-4-9)5-10(16)11-6-17-7-19-11/h1-4,6-7,10H,5,16H2. The number of ether oxygens (including phenoxy) is 1. The highest BCUT2D eigenvalue weighted by molar-refractivity contribution is 7.09. The number of alkyl halides is 3. The highest BCUT2D eigenvalue weighted by Gasteiger charge is 2.30. The molecule has 2 rings (SSSR count). The Bertz CT molecular complexity index is 511. The van der Waals surface area contributed by atoms with Crippen LogP contribution in [0.5, 0.6) is 5.75 Å². The summed E-state index contributed by atoms with van der Waals surface area (Å²) in [7, 11) is 0. The molecule has 0 bridgehead atoms. The Kier molecular flexibility index (Phi) is 4.06.